The van der Waals surface area contributed by atoms with Crippen LogP contribution in [0.2, 0.25) is 0 Å². The molecule has 0 amide bonds. The van der Waals surface area contributed by atoms with Crippen LogP contribution in [-0.2, 0) is 0 Å². The summed E-state index contributed by atoms with van der Waals surface area (Å²) in [6.45, 7) is 0. The number of para-hydroxylation sites is 4. The zero-order valence-electron chi connectivity index (χ0n) is 36.9. The van der Waals surface area contributed by atoms with Gasteiger partial charge < -0.3 is 9.13 Å². The highest BCUT2D eigenvalue weighted by Crippen LogP contribution is 2.41. The Morgan fingerprint density at radius 2 is 0.691 bits per heavy atom. The number of hydrogen-bond donors (Lipinski definition) is 0. The van der Waals surface area contributed by atoms with Gasteiger partial charge in [-0.1, -0.05) is 182 Å². The van der Waals surface area contributed by atoms with Gasteiger partial charge in [-0.25, -0.2) is 15.0 Å². The molecule has 0 aliphatic heterocycles. The normalized spacial score (nSPS) is 11.5. The minimum atomic E-state index is 0.599. The van der Waals surface area contributed by atoms with Crippen LogP contribution < -0.4 is 0 Å². The first kappa shape index (κ1) is 39.2. The predicted octanol–water partition coefficient (Wildman–Crippen LogP) is 16.1. The summed E-state index contributed by atoms with van der Waals surface area (Å²) in [5.41, 5.74) is 16.3. The van der Waals surface area contributed by atoms with E-state index < -0.39 is 0 Å². The lowest BCUT2D eigenvalue weighted by molar-refractivity contribution is 1.07. The van der Waals surface area contributed by atoms with Gasteiger partial charge in [-0.05, 0) is 94.5 Å². The summed E-state index contributed by atoms with van der Waals surface area (Å²) in [7, 11) is 0. The topological polar surface area (TPSA) is 48.5 Å². The molecular formula is C63H41N5. The summed E-state index contributed by atoms with van der Waals surface area (Å²) in [5.74, 6) is 1.82. The predicted molar refractivity (Wildman–Crippen MR) is 281 cm³/mol. The van der Waals surface area contributed by atoms with Crippen molar-refractivity contribution < 1.29 is 0 Å². The molecule has 0 unspecified atom stereocenters. The van der Waals surface area contributed by atoms with Crippen molar-refractivity contribution >= 4 is 43.6 Å². The summed E-state index contributed by atoms with van der Waals surface area (Å²) in [5, 5.41) is 4.84. The average Bonchev–Trinajstić information content (AvgIpc) is 3.94. The van der Waals surface area contributed by atoms with Gasteiger partial charge in [0.05, 0.1) is 27.8 Å². The van der Waals surface area contributed by atoms with Crippen LogP contribution in [0.1, 0.15) is 0 Å². The second-order valence-corrected chi connectivity index (χ2v) is 17.2. The number of aromatic nitrogens is 5. The third kappa shape index (κ3) is 6.68. The second-order valence-electron chi connectivity index (χ2n) is 17.2. The lowest BCUT2D eigenvalue weighted by atomic mass is 9.96. The molecule has 0 aliphatic carbocycles. The fraction of sp³-hybridized carbons (Fsp3) is 0. The van der Waals surface area contributed by atoms with Gasteiger partial charge in [0, 0.05) is 49.5 Å². The molecule has 0 bridgehead atoms. The minimum Gasteiger partial charge on any atom is -0.309 e. The van der Waals surface area contributed by atoms with Crippen molar-refractivity contribution in [2.24, 2.45) is 0 Å². The molecule has 0 saturated heterocycles. The summed E-state index contributed by atoms with van der Waals surface area (Å²) in [4.78, 5) is 15.8. The van der Waals surface area contributed by atoms with Crippen LogP contribution in [0, 0.1) is 0 Å². The van der Waals surface area contributed by atoms with Crippen molar-refractivity contribution in [2.75, 3.05) is 0 Å². The number of fused-ring (bicyclic) bond motifs is 6. The van der Waals surface area contributed by atoms with Gasteiger partial charge in [-0.2, -0.15) is 0 Å². The molecule has 3 heterocycles. The highest BCUT2D eigenvalue weighted by atomic mass is 15.0. The summed E-state index contributed by atoms with van der Waals surface area (Å²) >= 11 is 0. The molecule has 13 rings (SSSR count). The van der Waals surface area contributed by atoms with Crippen LogP contribution in [0.5, 0.6) is 0 Å². The Morgan fingerprint density at radius 3 is 1.35 bits per heavy atom. The van der Waals surface area contributed by atoms with E-state index in [1.54, 1.807) is 0 Å². The van der Waals surface area contributed by atoms with Crippen LogP contribution in [0.4, 0.5) is 0 Å². The molecule has 0 atom stereocenters. The van der Waals surface area contributed by atoms with Crippen molar-refractivity contribution in [3.63, 3.8) is 0 Å². The molecule has 68 heavy (non-hydrogen) atoms. The molecule has 5 nitrogen and oxygen atoms in total. The van der Waals surface area contributed by atoms with Gasteiger partial charge >= 0.3 is 0 Å². The van der Waals surface area contributed by atoms with Crippen molar-refractivity contribution in [3.05, 3.63) is 249 Å². The van der Waals surface area contributed by atoms with E-state index in [0.717, 1.165) is 72.4 Å². The molecule has 318 valence electrons. The standard InChI is InChI=1S/C63H41N5/c1-4-19-42(20-5-1)44-23-16-25-46(39-44)54-41-48(37-38-58(54)68-55-33-13-10-29-51(55)52-30-11-14-34-56(52)68)63-65-61(43-21-6-2-7-22-43)64-62(66-63)47-26-17-24-45(40-47)50-32-18-36-59-60(50)53-31-12-15-35-57(53)67(59)49-27-8-3-9-28-49/h1-41H. The smallest absolute Gasteiger partial charge is 0.164 e. The maximum Gasteiger partial charge on any atom is 0.164 e. The number of rotatable bonds is 8. The molecule has 0 spiro atoms. The lowest BCUT2D eigenvalue weighted by Crippen LogP contribution is -2.02. The largest absolute Gasteiger partial charge is 0.309 e. The first-order valence-corrected chi connectivity index (χ1v) is 23.0. The monoisotopic (exact) mass is 867 g/mol. The Morgan fingerprint density at radius 1 is 0.250 bits per heavy atom. The van der Waals surface area contributed by atoms with E-state index in [1.165, 1.54) is 32.6 Å². The summed E-state index contributed by atoms with van der Waals surface area (Å²) < 4.78 is 4.76. The van der Waals surface area contributed by atoms with Crippen molar-refractivity contribution in [1.82, 2.24) is 24.1 Å². The Bertz CT molecular complexity index is 3970. The third-order valence-corrected chi connectivity index (χ3v) is 13.2. The third-order valence-electron chi connectivity index (χ3n) is 13.2. The highest BCUT2D eigenvalue weighted by Gasteiger charge is 2.21. The van der Waals surface area contributed by atoms with Gasteiger partial charge in [0.25, 0.3) is 0 Å². The zero-order chi connectivity index (χ0) is 45.0. The molecule has 5 heteroatoms. The SMILES string of the molecule is c1ccc(-c2cccc(-c3cc(-c4nc(-c5ccccc5)nc(-c5cccc(-c6cccc7c6c6ccccc6n7-c6ccccc6)c5)n4)ccc3-n3c4ccccc4c4ccccc43)c2)cc1. The van der Waals surface area contributed by atoms with Crippen LogP contribution in [0.3, 0.4) is 0 Å². The van der Waals surface area contributed by atoms with Crippen LogP contribution in [-0.4, -0.2) is 24.1 Å². The Balaban J connectivity index is 1.00. The molecule has 0 radical (unpaired) electrons. The van der Waals surface area contributed by atoms with E-state index in [0.29, 0.717) is 17.5 Å². The Hall–Kier alpha value is -9.19. The average molecular weight is 868 g/mol. The van der Waals surface area contributed by atoms with Crippen molar-refractivity contribution in [3.8, 4) is 78.9 Å². The molecule has 10 aromatic carbocycles. The van der Waals surface area contributed by atoms with Crippen LogP contribution >= 0.6 is 0 Å². The highest BCUT2D eigenvalue weighted by molar-refractivity contribution is 6.16. The molecule has 0 saturated carbocycles. The van der Waals surface area contributed by atoms with Gasteiger partial charge in [-0.3, -0.25) is 0 Å². The van der Waals surface area contributed by atoms with E-state index in [-0.39, 0.29) is 0 Å². The molecule has 0 aliphatic rings. The molecule has 13 aromatic rings. The number of hydrogen-bond acceptors (Lipinski definition) is 3. The molecule has 3 aromatic heterocycles. The zero-order valence-corrected chi connectivity index (χ0v) is 36.9. The number of nitrogens with zero attached hydrogens (tertiary/aromatic N) is 5. The first-order valence-electron chi connectivity index (χ1n) is 23.0. The van der Waals surface area contributed by atoms with Crippen LogP contribution in [0.15, 0.2) is 249 Å². The minimum absolute atomic E-state index is 0.599. The van der Waals surface area contributed by atoms with Crippen molar-refractivity contribution in [1.29, 1.82) is 0 Å². The maximum absolute atomic E-state index is 5.35. The van der Waals surface area contributed by atoms with E-state index in [4.69, 9.17) is 15.0 Å². The van der Waals surface area contributed by atoms with Crippen molar-refractivity contribution in [2.45, 2.75) is 0 Å². The van der Waals surface area contributed by atoms with Gasteiger partial charge in [-0.15, -0.1) is 0 Å². The first-order chi connectivity index (χ1) is 33.7. The fourth-order valence-corrected chi connectivity index (χ4v) is 10.1. The van der Waals surface area contributed by atoms with E-state index in [2.05, 4.69) is 240 Å². The molecule has 0 N–H and O–H groups in total. The summed E-state index contributed by atoms with van der Waals surface area (Å²) in [6.07, 6.45) is 0. The summed E-state index contributed by atoms with van der Waals surface area (Å²) in [6, 6.07) is 88.2. The fourth-order valence-electron chi connectivity index (χ4n) is 10.1. The maximum atomic E-state index is 5.35. The Kier molecular flexibility index (Phi) is 9.43. The van der Waals surface area contributed by atoms with Gasteiger partial charge in [0.1, 0.15) is 0 Å². The van der Waals surface area contributed by atoms with Gasteiger partial charge in [0.15, 0.2) is 17.5 Å². The quantitative estimate of drug-likeness (QED) is 0.153. The van der Waals surface area contributed by atoms with E-state index in [9.17, 15) is 0 Å². The molecule has 0 fully saturated rings. The van der Waals surface area contributed by atoms with E-state index >= 15 is 0 Å². The van der Waals surface area contributed by atoms with E-state index in [1.807, 2.05) is 18.2 Å². The number of benzene rings is 10. The van der Waals surface area contributed by atoms with Crippen LogP contribution in [0.25, 0.3) is 123 Å². The Labute approximate surface area is 393 Å². The lowest BCUT2D eigenvalue weighted by Gasteiger charge is -2.17. The second kappa shape index (κ2) is 16.4. The molecular weight excluding hydrogens is 827 g/mol. The van der Waals surface area contributed by atoms with Gasteiger partial charge in [0.2, 0.25) is 0 Å².